The average molecular weight is 280 g/mol. The predicted octanol–water partition coefficient (Wildman–Crippen LogP) is 2.84. The number of thiazole rings is 1. The largest absolute Gasteiger partial charge is 0.497 e. The normalized spacial score (nSPS) is 11.6. The van der Waals surface area contributed by atoms with Crippen LogP contribution in [0.2, 0.25) is 0 Å². The minimum Gasteiger partial charge on any atom is -0.497 e. The van der Waals surface area contributed by atoms with Crippen molar-refractivity contribution in [1.29, 1.82) is 0 Å². The Balaban J connectivity index is 2.54. The van der Waals surface area contributed by atoms with Crippen LogP contribution in [0.15, 0.2) is 12.1 Å². The van der Waals surface area contributed by atoms with Gasteiger partial charge in [0.15, 0.2) is 5.13 Å². The molecule has 1 aromatic carbocycles. The van der Waals surface area contributed by atoms with Crippen LogP contribution >= 0.6 is 11.3 Å². The van der Waals surface area contributed by atoms with Crippen LogP contribution in [-0.4, -0.2) is 23.7 Å². The average Bonchev–Trinajstić information content (AvgIpc) is 2.65. The number of carbonyl (C=O) groups excluding carboxylic acids is 1. The molecule has 2 aromatic rings. The van der Waals surface area contributed by atoms with Crippen LogP contribution in [0.5, 0.6) is 5.75 Å². The molecule has 0 saturated carbocycles. The summed E-state index contributed by atoms with van der Waals surface area (Å²) in [5.74, 6) is 0.152. The quantitative estimate of drug-likeness (QED) is 0.856. The molecule has 0 fully saturated rings. The van der Waals surface area contributed by atoms with Gasteiger partial charge in [-0.3, -0.25) is 0 Å². The number of hydrogen-bond donors (Lipinski definition) is 1. The zero-order valence-corrected chi connectivity index (χ0v) is 12.1. The van der Waals surface area contributed by atoms with Gasteiger partial charge < -0.3 is 15.2 Å². The standard InChI is InChI=1S/C13H16N2O3S/c1-13(2,3)18-11(16)8-5-7(17-4)6-9-10(8)15-12(14)19-9/h5-6H,1-4H3,(H2,14,15). The van der Waals surface area contributed by atoms with Crippen LogP contribution in [0.3, 0.4) is 0 Å². The number of ether oxygens (including phenoxy) is 2. The second-order valence-corrected chi connectivity index (χ2v) is 6.14. The molecule has 0 spiro atoms. The van der Waals surface area contributed by atoms with Crippen molar-refractivity contribution in [3.8, 4) is 5.75 Å². The molecule has 0 atom stereocenters. The number of nitrogens with two attached hydrogens (primary N) is 1. The highest BCUT2D eigenvalue weighted by atomic mass is 32.1. The summed E-state index contributed by atoms with van der Waals surface area (Å²) >= 11 is 1.31. The summed E-state index contributed by atoms with van der Waals surface area (Å²) in [5, 5.41) is 0.410. The molecule has 2 N–H and O–H groups in total. The first kappa shape index (κ1) is 13.6. The van der Waals surface area contributed by atoms with Crippen LogP contribution in [0.1, 0.15) is 31.1 Å². The van der Waals surface area contributed by atoms with E-state index in [2.05, 4.69) is 4.98 Å². The molecule has 0 amide bonds. The van der Waals surface area contributed by atoms with Gasteiger partial charge in [0.05, 0.1) is 22.9 Å². The van der Waals surface area contributed by atoms with Crippen molar-refractivity contribution in [2.75, 3.05) is 12.8 Å². The van der Waals surface area contributed by atoms with Crippen LogP contribution in [0.4, 0.5) is 5.13 Å². The number of carbonyl (C=O) groups is 1. The molecular formula is C13H16N2O3S. The monoisotopic (exact) mass is 280 g/mol. The van der Waals surface area contributed by atoms with Crippen molar-refractivity contribution in [3.05, 3.63) is 17.7 Å². The first-order valence-corrected chi connectivity index (χ1v) is 6.59. The summed E-state index contributed by atoms with van der Waals surface area (Å²) in [6, 6.07) is 3.42. The Morgan fingerprint density at radius 2 is 2.05 bits per heavy atom. The molecule has 1 heterocycles. The summed E-state index contributed by atoms with van der Waals surface area (Å²) in [6.07, 6.45) is 0. The lowest BCUT2D eigenvalue weighted by molar-refractivity contribution is 0.00713. The van der Waals surface area contributed by atoms with Gasteiger partial charge in [0.25, 0.3) is 0 Å². The van der Waals surface area contributed by atoms with Gasteiger partial charge in [-0.25, -0.2) is 9.78 Å². The van der Waals surface area contributed by atoms with Crippen molar-refractivity contribution in [3.63, 3.8) is 0 Å². The molecular weight excluding hydrogens is 264 g/mol. The summed E-state index contributed by atoms with van der Waals surface area (Å²) in [6.45, 7) is 5.45. The molecule has 2 rings (SSSR count). The third-order valence-corrected chi connectivity index (χ3v) is 3.17. The van der Waals surface area contributed by atoms with E-state index >= 15 is 0 Å². The number of hydrogen-bond acceptors (Lipinski definition) is 6. The van der Waals surface area contributed by atoms with Crippen molar-refractivity contribution in [2.24, 2.45) is 0 Å². The van der Waals surface area contributed by atoms with Gasteiger partial charge in [0, 0.05) is 0 Å². The first-order valence-electron chi connectivity index (χ1n) is 5.77. The van der Waals surface area contributed by atoms with E-state index in [1.807, 2.05) is 20.8 Å². The van der Waals surface area contributed by atoms with Gasteiger partial charge in [-0.1, -0.05) is 11.3 Å². The fourth-order valence-corrected chi connectivity index (χ4v) is 2.42. The minimum absolute atomic E-state index is 0.372. The van der Waals surface area contributed by atoms with Gasteiger partial charge in [-0.15, -0.1) is 0 Å². The van der Waals surface area contributed by atoms with Gasteiger partial charge in [0.2, 0.25) is 0 Å². The van der Waals surface area contributed by atoms with E-state index in [9.17, 15) is 4.79 Å². The third-order valence-electron chi connectivity index (χ3n) is 2.34. The van der Waals surface area contributed by atoms with E-state index in [0.717, 1.165) is 4.70 Å². The number of fused-ring (bicyclic) bond motifs is 1. The SMILES string of the molecule is COc1cc(C(=O)OC(C)(C)C)c2nc(N)sc2c1. The van der Waals surface area contributed by atoms with Gasteiger partial charge in [-0.05, 0) is 32.9 Å². The maximum atomic E-state index is 12.2. The van der Waals surface area contributed by atoms with Crippen LogP contribution in [-0.2, 0) is 4.74 Å². The lowest BCUT2D eigenvalue weighted by Crippen LogP contribution is -2.24. The van der Waals surface area contributed by atoms with Gasteiger partial charge in [0.1, 0.15) is 11.4 Å². The van der Waals surface area contributed by atoms with Gasteiger partial charge >= 0.3 is 5.97 Å². The highest BCUT2D eigenvalue weighted by Gasteiger charge is 2.22. The Hall–Kier alpha value is -1.82. The number of anilines is 1. The Kier molecular flexibility index (Phi) is 3.36. The van der Waals surface area contributed by atoms with Crippen molar-refractivity contribution < 1.29 is 14.3 Å². The molecule has 0 saturated heterocycles. The Labute approximate surface area is 115 Å². The second kappa shape index (κ2) is 4.70. The fraction of sp³-hybridized carbons (Fsp3) is 0.385. The van der Waals surface area contributed by atoms with E-state index < -0.39 is 11.6 Å². The molecule has 0 radical (unpaired) electrons. The van der Waals surface area contributed by atoms with E-state index in [1.165, 1.54) is 11.3 Å². The van der Waals surface area contributed by atoms with E-state index in [4.69, 9.17) is 15.2 Å². The van der Waals surface area contributed by atoms with Crippen LogP contribution in [0.25, 0.3) is 10.2 Å². The highest BCUT2D eigenvalue weighted by molar-refractivity contribution is 7.22. The maximum absolute atomic E-state index is 12.2. The molecule has 0 aliphatic rings. The number of nitrogens with zero attached hydrogens (tertiary/aromatic N) is 1. The molecule has 0 aliphatic carbocycles. The topological polar surface area (TPSA) is 74.4 Å². The molecule has 19 heavy (non-hydrogen) atoms. The second-order valence-electron chi connectivity index (χ2n) is 5.08. The molecule has 1 aromatic heterocycles. The number of benzene rings is 1. The van der Waals surface area contributed by atoms with Gasteiger partial charge in [-0.2, -0.15) is 0 Å². The Morgan fingerprint density at radius 1 is 1.37 bits per heavy atom. The highest BCUT2D eigenvalue weighted by Crippen LogP contribution is 2.31. The minimum atomic E-state index is -0.561. The number of aromatic nitrogens is 1. The smallest absolute Gasteiger partial charge is 0.341 e. The van der Waals surface area contributed by atoms with E-state index in [-0.39, 0.29) is 0 Å². The van der Waals surface area contributed by atoms with E-state index in [1.54, 1.807) is 19.2 Å². The number of methoxy groups -OCH3 is 1. The predicted molar refractivity (Wildman–Crippen MR) is 75.8 cm³/mol. The number of esters is 1. The first-order chi connectivity index (χ1) is 8.80. The lowest BCUT2D eigenvalue weighted by Gasteiger charge is -2.19. The Bertz CT molecular complexity index is 629. The maximum Gasteiger partial charge on any atom is 0.341 e. The zero-order chi connectivity index (χ0) is 14.2. The molecule has 0 aliphatic heterocycles. The van der Waals surface area contributed by atoms with Crippen molar-refractivity contribution in [2.45, 2.75) is 26.4 Å². The summed E-state index contributed by atoms with van der Waals surface area (Å²) in [5.41, 5.74) is 6.06. The summed E-state index contributed by atoms with van der Waals surface area (Å²) in [4.78, 5) is 16.4. The molecule has 102 valence electrons. The Morgan fingerprint density at radius 3 is 2.63 bits per heavy atom. The van der Waals surface area contributed by atoms with Crippen LogP contribution in [0, 0.1) is 0 Å². The van der Waals surface area contributed by atoms with Crippen molar-refractivity contribution >= 4 is 32.7 Å². The molecule has 6 heteroatoms. The third kappa shape index (κ3) is 2.96. The molecule has 5 nitrogen and oxygen atoms in total. The molecule has 0 unspecified atom stereocenters. The summed E-state index contributed by atoms with van der Waals surface area (Å²) < 4.78 is 11.4. The number of rotatable bonds is 2. The summed E-state index contributed by atoms with van der Waals surface area (Å²) in [7, 11) is 1.55. The lowest BCUT2D eigenvalue weighted by atomic mass is 10.1. The number of nitrogen functional groups attached to an aromatic ring is 1. The molecule has 0 bridgehead atoms. The van der Waals surface area contributed by atoms with Crippen molar-refractivity contribution in [1.82, 2.24) is 4.98 Å². The fourth-order valence-electron chi connectivity index (χ4n) is 1.63. The van der Waals surface area contributed by atoms with E-state index in [0.29, 0.717) is 22.0 Å². The van der Waals surface area contributed by atoms with Crippen LogP contribution < -0.4 is 10.5 Å². The zero-order valence-electron chi connectivity index (χ0n) is 11.3.